The van der Waals surface area contributed by atoms with Gasteiger partial charge in [-0.15, -0.1) is 0 Å². The smallest absolute Gasteiger partial charge is 0.225 e. The van der Waals surface area contributed by atoms with Crippen molar-refractivity contribution in [1.29, 1.82) is 0 Å². The van der Waals surface area contributed by atoms with Crippen molar-refractivity contribution in [1.82, 2.24) is 10.2 Å². The number of nitrogens with zero attached hydrogens (tertiary/aromatic N) is 1. The number of hydrogen-bond donors (Lipinski definition) is 2. The van der Waals surface area contributed by atoms with Gasteiger partial charge in [-0.3, -0.25) is 9.59 Å². The van der Waals surface area contributed by atoms with Gasteiger partial charge >= 0.3 is 0 Å². The zero-order valence-electron chi connectivity index (χ0n) is 10.5. The largest absolute Gasteiger partial charge is 0.388 e. The summed E-state index contributed by atoms with van der Waals surface area (Å²) in [5.41, 5.74) is -0.686. The van der Waals surface area contributed by atoms with Crippen molar-refractivity contribution in [3.05, 3.63) is 0 Å². The van der Waals surface area contributed by atoms with Gasteiger partial charge in [0.25, 0.3) is 0 Å². The van der Waals surface area contributed by atoms with E-state index in [1.165, 1.54) is 0 Å². The van der Waals surface area contributed by atoms with Crippen molar-refractivity contribution in [3.8, 4) is 0 Å². The van der Waals surface area contributed by atoms with E-state index in [0.717, 1.165) is 32.1 Å². The average Bonchev–Trinajstić information content (AvgIpc) is 3.07. The number of carbonyl (C=O) groups excluding carboxylic acids is 2. The first kappa shape index (κ1) is 12.0. The number of nitrogens with one attached hydrogen (secondary N) is 1. The summed E-state index contributed by atoms with van der Waals surface area (Å²) in [7, 11) is 0. The van der Waals surface area contributed by atoms with Crippen LogP contribution in [-0.2, 0) is 9.59 Å². The summed E-state index contributed by atoms with van der Waals surface area (Å²) in [5, 5.41) is 12.7. The number of amides is 2. The highest BCUT2D eigenvalue weighted by Gasteiger charge is 2.42. The van der Waals surface area contributed by atoms with Crippen LogP contribution in [0.25, 0.3) is 0 Å². The summed E-state index contributed by atoms with van der Waals surface area (Å²) < 4.78 is 0. The van der Waals surface area contributed by atoms with E-state index in [2.05, 4.69) is 5.32 Å². The molecule has 1 aliphatic heterocycles. The molecule has 2 N–H and O–H groups in total. The Kier molecular flexibility index (Phi) is 2.81. The third-order valence-electron chi connectivity index (χ3n) is 4.39. The molecule has 2 saturated carbocycles. The summed E-state index contributed by atoms with van der Waals surface area (Å²) in [6.45, 7) is 0.897. The summed E-state index contributed by atoms with van der Waals surface area (Å²) in [6, 6.07) is 0.395. The lowest BCUT2D eigenvalue weighted by molar-refractivity contribution is -0.129. The van der Waals surface area contributed by atoms with Gasteiger partial charge in [-0.05, 0) is 32.1 Å². The summed E-state index contributed by atoms with van der Waals surface area (Å²) >= 11 is 0. The molecule has 2 aliphatic carbocycles. The molecule has 1 heterocycles. The Hall–Kier alpha value is -1.10. The highest BCUT2D eigenvalue weighted by atomic mass is 16.3. The SMILES string of the molecule is O=C(NCC1(O)CCC1)C1CC(=O)N(C2CC2)C1. The molecule has 1 atom stereocenters. The molecule has 3 fully saturated rings. The van der Waals surface area contributed by atoms with Crippen LogP contribution < -0.4 is 5.32 Å². The molecule has 0 aromatic carbocycles. The van der Waals surface area contributed by atoms with Gasteiger partial charge in [0.05, 0.1) is 11.5 Å². The quantitative estimate of drug-likeness (QED) is 0.741. The van der Waals surface area contributed by atoms with Gasteiger partial charge in [-0.1, -0.05) is 0 Å². The van der Waals surface area contributed by atoms with Crippen LogP contribution in [0.3, 0.4) is 0 Å². The van der Waals surface area contributed by atoms with Crippen molar-refractivity contribution in [3.63, 3.8) is 0 Å². The molecule has 2 amide bonds. The van der Waals surface area contributed by atoms with Crippen LogP contribution in [0.5, 0.6) is 0 Å². The summed E-state index contributed by atoms with van der Waals surface area (Å²) in [6.07, 6.45) is 5.07. The standard InChI is InChI=1S/C13H20N2O3/c16-11-6-9(7-15(11)10-2-3-10)12(17)14-8-13(18)4-1-5-13/h9-10,18H,1-8H2,(H,14,17). The molecule has 3 aliphatic rings. The summed E-state index contributed by atoms with van der Waals surface area (Å²) in [4.78, 5) is 25.6. The van der Waals surface area contributed by atoms with Crippen LogP contribution >= 0.6 is 0 Å². The van der Waals surface area contributed by atoms with E-state index in [1.807, 2.05) is 4.90 Å². The summed E-state index contributed by atoms with van der Waals surface area (Å²) in [5.74, 6) is -0.186. The van der Waals surface area contributed by atoms with Gasteiger partial charge < -0.3 is 15.3 Å². The average molecular weight is 252 g/mol. The second-order valence-corrected chi connectivity index (χ2v) is 5.97. The van der Waals surface area contributed by atoms with E-state index < -0.39 is 5.60 Å². The van der Waals surface area contributed by atoms with E-state index in [-0.39, 0.29) is 17.7 Å². The van der Waals surface area contributed by atoms with Crippen LogP contribution in [0.15, 0.2) is 0 Å². The van der Waals surface area contributed by atoms with E-state index in [9.17, 15) is 14.7 Å². The Morgan fingerprint density at radius 2 is 2.17 bits per heavy atom. The predicted octanol–water partition coefficient (Wildman–Crippen LogP) is 0.0285. The topological polar surface area (TPSA) is 69.6 Å². The van der Waals surface area contributed by atoms with Gasteiger partial charge in [-0.2, -0.15) is 0 Å². The third-order valence-corrected chi connectivity index (χ3v) is 4.39. The minimum Gasteiger partial charge on any atom is -0.388 e. The molecule has 0 radical (unpaired) electrons. The minimum atomic E-state index is -0.686. The Morgan fingerprint density at radius 3 is 2.72 bits per heavy atom. The van der Waals surface area contributed by atoms with E-state index in [0.29, 0.717) is 25.6 Å². The van der Waals surface area contributed by atoms with Crippen LogP contribution in [-0.4, -0.2) is 46.6 Å². The number of aliphatic hydroxyl groups is 1. The molecule has 100 valence electrons. The fourth-order valence-corrected chi connectivity index (χ4v) is 2.80. The molecule has 3 rings (SSSR count). The highest BCUT2D eigenvalue weighted by molar-refractivity contribution is 5.89. The Balaban J connectivity index is 1.49. The minimum absolute atomic E-state index is 0.0770. The van der Waals surface area contributed by atoms with Gasteiger partial charge in [0.1, 0.15) is 0 Å². The molecule has 0 aromatic rings. The Morgan fingerprint density at radius 1 is 1.44 bits per heavy atom. The van der Waals surface area contributed by atoms with Crippen LogP contribution in [0.4, 0.5) is 0 Å². The number of likely N-dealkylation sites (tertiary alicyclic amines) is 1. The number of hydrogen-bond acceptors (Lipinski definition) is 3. The fourth-order valence-electron chi connectivity index (χ4n) is 2.80. The maximum atomic E-state index is 12.0. The lowest BCUT2D eigenvalue weighted by Gasteiger charge is -2.36. The zero-order chi connectivity index (χ0) is 12.8. The van der Waals surface area contributed by atoms with Crippen molar-refractivity contribution in [2.75, 3.05) is 13.1 Å². The first-order valence-corrected chi connectivity index (χ1v) is 6.87. The van der Waals surface area contributed by atoms with E-state index in [4.69, 9.17) is 0 Å². The molecule has 0 spiro atoms. The van der Waals surface area contributed by atoms with Crippen LogP contribution in [0, 0.1) is 5.92 Å². The van der Waals surface area contributed by atoms with Gasteiger partial charge in [0, 0.05) is 25.6 Å². The molecule has 1 unspecified atom stereocenters. The first-order chi connectivity index (χ1) is 8.57. The number of rotatable bonds is 4. The Bertz CT molecular complexity index is 374. The van der Waals surface area contributed by atoms with E-state index in [1.54, 1.807) is 0 Å². The van der Waals surface area contributed by atoms with Crippen molar-refractivity contribution in [2.24, 2.45) is 5.92 Å². The predicted molar refractivity (Wildman–Crippen MR) is 64.7 cm³/mol. The highest BCUT2D eigenvalue weighted by Crippen LogP contribution is 2.33. The van der Waals surface area contributed by atoms with E-state index >= 15 is 0 Å². The maximum Gasteiger partial charge on any atom is 0.225 e. The second kappa shape index (κ2) is 4.23. The molecular formula is C13H20N2O3. The lowest BCUT2D eigenvalue weighted by atomic mass is 9.80. The molecule has 18 heavy (non-hydrogen) atoms. The lowest BCUT2D eigenvalue weighted by Crippen LogP contribution is -2.49. The number of carbonyl (C=O) groups is 2. The van der Waals surface area contributed by atoms with Crippen molar-refractivity contribution >= 4 is 11.8 Å². The molecule has 5 nitrogen and oxygen atoms in total. The van der Waals surface area contributed by atoms with Gasteiger partial charge in [-0.25, -0.2) is 0 Å². The Labute approximate surface area is 107 Å². The molecule has 5 heteroatoms. The zero-order valence-corrected chi connectivity index (χ0v) is 10.5. The first-order valence-electron chi connectivity index (χ1n) is 6.87. The molecule has 0 aromatic heterocycles. The molecule has 1 saturated heterocycles. The maximum absolute atomic E-state index is 12.0. The van der Waals surface area contributed by atoms with Crippen LogP contribution in [0.1, 0.15) is 38.5 Å². The second-order valence-electron chi connectivity index (χ2n) is 5.97. The van der Waals surface area contributed by atoms with Crippen molar-refractivity contribution in [2.45, 2.75) is 50.2 Å². The van der Waals surface area contributed by atoms with Crippen LogP contribution in [0.2, 0.25) is 0 Å². The van der Waals surface area contributed by atoms with Gasteiger partial charge in [0.15, 0.2) is 0 Å². The third kappa shape index (κ3) is 2.23. The monoisotopic (exact) mass is 252 g/mol. The normalized spacial score (nSPS) is 30.2. The van der Waals surface area contributed by atoms with Gasteiger partial charge in [0.2, 0.25) is 11.8 Å². The molecular weight excluding hydrogens is 232 g/mol. The molecule has 0 bridgehead atoms. The van der Waals surface area contributed by atoms with Crippen molar-refractivity contribution < 1.29 is 14.7 Å². The fraction of sp³-hybridized carbons (Fsp3) is 0.846.